The molecule has 1 rings (SSSR count). The SMILES string of the molecule is CCCNCCNC(=O)c1cc(S(=O)(=O)N(CC)CC)ccc1OC. The highest BCUT2D eigenvalue weighted by molar-refractivity contribution is 7.89. The molecule has 0 heterocycles. The maximum atomic E-state index is 12.6. The summed E-state index contributed by atoms with van der Waals surface area (Å²) in [7, 11) is -2.18. The normalized spacial score (nSPS) is 11.6. The van der Waals surface area contributed by atoms with Gasteiger partial charge in [-0.3, -0.25) is 4.79 Å². The molecular formula is C17H29N3O4S. The van der Waals surface area contributed by atoms with E-state index in [1.165, 1.54) is 29.6 Å². The quantitative estimate of drug-likeness (QED) is 0.575. The number of ether oxygens (including phenoxy) is 1. The smallest absolute Gasteiger partial charge is 0.255 e. The van der Waals surface area contributed by atoms with Gasteiger partial charge in [-0.2, -0.15) is 4.31 Å². The Bertz CT molecular complexity index is 658. The summed E-state index contributed by atoms with van der Waals surface area (Å²) in [5.74, 6) is -0.00994. The number of nitrogens with one attached hydrogen (secondary N) is 2. The van der Waals surface area contributed by atoms with Crippen LogP contribution in [0.25, 0.3) is 0 Å². The zero-order chi connectivity index (χ0) is 18.9. The van der Waals surface area contributed by atoms with Gasteiger partial charge in [-0.1, -0.05) is 20.8 Å². The van der Waals surface area contributed by atoms with E-state index >= 15 is 0 Å². The van der Waals surface area contributed by atoms with Crippen molar-refractivity contribution < 1.29 is 17.9 Å². The molecule has 1 aromatic carbocycles. The third-order valence-electron chi connectivity index (χ3n) is 3.77. The van der Waals surface area contributed by atoms with E-state index < -0.39 is 10.0 Å². The van der Waals surface area contributed by atoms with Crippen molar-refractivity contribution in [1.82, 2.24) is 14.9 Å². The summed E-state index contributed by atoms with van der Waals surface area (Å²) in [6.45, 7) is 8.36. The van der Waals surface area contributed by atoms with Crippen LogP contribution in [0.3, 0.4) is 0 Å². The van der Waals surface area contributed by atoms with Crippen LogP contribution >= 0.6 is 0 Å². The van der Waals surface area contributed by atoms with Gasteiger partial charge in [0.25, 0.3) is 5.91 Å². The van der Waals surface area contributed by atoms with Crippen LogP contribution in [0.4, 0.5) is 0 Å². The second-order valence-electron chi connectivity index (χ2n) is 5.46. The summed E-state index contributed by atoms with van der Waals surface area (Å²) >= 11 is 0. The molecule has 1 amide bonds. The minimum Gasteiger partial charge on any atom is -0.496 e. The average Bonchev–Trinajstić information content (AvgIpc) is 2.61. The fraction of sp³-hybridized carbons (Fsp3) is 0.588. The molecule has 0 atom stereocenters. The molecule has 142 valence electrons. The van der Waals surface area contributed by atoms with E-state index in [2.05, 4.69) is 17.6 Å². The molecule has 0 radical (unpaired) electrons. The largest absolute Gasteiger partial charge is 0.496 e. The topological polar surface area (TPSA) is 87.7 Å². The summed E-state index contributed by atoms with van der Waals surface area (Å²) in [5, 5.41) is 5.97. The van der Waals surface area contributed by atoms with E-state index in [-0.39, 0.29) is 16.4 Å². The van der Waals surface area contributed by atoms with Crippen molar-refractivity contribution in [3.05, 3.63) is 23.8 Å². The fourth-order valence-corrected chi connectivity index (χ4v) is 3.88. The highest BCUT2D eigenvalue weighted by Crippen LogP contribution is 2.24. The molecule has 0 aromatic heterocycles. The van der Waals surface area contributed by atoms with Crippen molar-refractivity contribution in [2.45, 2.75) is 32.1 Å². The molecule has 8 heteroatoms. The van der Waals surface area contributed by atoms with E-state index in [0.717, 1.165) is 13.0 Å². The summed E-state index contributed by atoms with van der Waals surface area (Å²) in [6, 6.07) is 4.36. The molecule has 0 spiro atoms. The van der Waals surface area contributed by atoms with Gasteiger partial charge >= 0.3 is 0 Å². The average molecular weight is 372 g/mol. The summed E-state index contributed by atoms with van der Waals surface area (Å²) in [4.78, 5) is 12.5. The van der Waals surface area contributed by atoms with Gasteiger partial charge in [-0.25, -0.2) is 8.42 Å². The number of carbonyl (C=O) groups excluding carboxylic acids is 1. The molecule has 0 saturated heterocycles. The highest BCUT2D eigenvalue weighted by atomic mass is 32.2. The summed E-state index contributed by atoms with van der Waals surface area (Å²) in [5.41, 5.74) is 0.214. The molecule has 0 fully saturated rings. The van der Waals surface area contributed by atoms with Gasteiger partial charge in [0.05, 0.1) is 17.6 Å². The Morgan fingerprint density at radius 3 is 2.36 bits per heavy atom. The Morgan fingerprint density at radius 1 is 1.12 bits per heavy atom. The van der Waals surface area contributed by atoms with Crippen LogP contribution in [0.5, 0.6) is 5.75 Å². The number of amides is 1. The van der Waals surface area contributed by atoms with E-state index in [0.29, 0.717) is 31.9 Å². The molecule has 25 heavy (non-hydrogen) atoms. The number of benzene rings is 1. The Hall–Kier alpha value is -1.64. The second kappa shape index (κ2) is 10.4. The Kier molecular flexibility index (Phi) is 8.88. The van der Waals surface area contributed by atoms with Crippen LogP contribution in [0.15, 0.2) is 23.1 Å². The number of carbonyl (C=O) groups is 1. The molecule has 0 aliphatic heterocycles. The molecule has 0 aliphatic carbocycles. The lowest BCUT2D eigenvalue weighted by Crippen LogP contribution is -2.33. The predicted molar refractivity (Wildman–Crippen MR) is 98.6 cm³/mol. The van der Waals surface area contributed by atoms with Crippen LogP contribution in [0.1, 0.15) is 37.6 Å². The number of methoxy groups -OCH3 is 1. The number of hydrogen-bond acceptors (Lipinski definition) is 5. The molecular weight excluding hydrogens is 342 g/mol. The van der Waals surface area contributed by atoms with Gasteiger partial charge in [-0.05, 0) is 31.2 Å². The number of nitrogens with zero attached hydrogens (tertiary/aromatic N) is 1. The number of hydrogen-bond donors (Lipinski definition) is 2. The van der Waals surface area contributed by atoms with Crippen molar-refractivity contribution >= 4 is 15.9 Å². The van der Waals surface area contributed by atoms with Crippen molar-refractivity contribution in [2.24, 2.45) is 0 Å². The molecule has 0 aliphatic rings. The van der Waals surface area contributed by atoms with Gasteiger partial charge in [0.1, 0.15) is 5.75 Å². The van der Waals surface area contributed by atoms with Crippen molar-refractivity contribution in [2.75, 3.05) is 39.8 Å². The maximum absolute atomic E-state index is 12.6. The lowest BCUT2D eigenvalue weighted by Gasteiger charge is -2.19. The first-order valence-corrected chi connectivity index (χ1v) is 10.0. The first-order valence-electron chi connectivity index (χ1n) is 8.59. The molecule has 0 saturated carbocycles. The maximum Gasteiger partial charge on any atom is 0.255 e. The summed E-state index contributed by atoms with van der Waals surface area (Å²) in [6.07, 6.45) is 1.02. The number of sulfonamides is 1. The highest BCUT2D eigenvalue weighted by Gasteiger charge is 2.24. The Morgan fingerprint density at radius 2 is 1.80 bits per heavy atom. The van der Waals surface area contributed by atoms with Gasteiger partial charge in [-0.15, -0.1) is 0 Å². The first-order chi connectivity index (χ1) is 11.9. The van der Waals surface area contributed by atoms with Crippen LogP contribution in [-0.2, 0) is 10.0 Å². The standard InChI is InChI=1S/C17H29N3O4S/c1-5-10-18-11-12-19-17(21)15-13-14(8-9-16(15)24-4)25(22,23)20(6-2)7-3/h8-9,13,18H,5-7,10-12H2,1-4H3,(H,19,21). The lowest BCUT2D eigenvalue weighted by atomic mass is 10.2. The Balaban J connectivity index is 3.01. The molecule has 0 bridgehead atoms. The van der Waals surface area contributed by atoms with Crippen LogP contribution in [0.2, 0.25) is 0 Å². The Labute approximate surface area is 150 Å². The predicted octanol–water partition coefficient (Wildman–Crippen LogP) is 1.46. The number of rotatable bonds is 11. The zero-order valence-electron chi connectivity index (χ0n) is 15.5. The van der Waals surface area contributed by atoms with Gasteiger partial charge in [0.15, 0.2) is 0 Å². The molecule has 7 nitrogen and oxygen atoms in total. The van der Waals surface area contributed by atoms with Crippen LogP contribution in [-0.4, -0.2) is 58.5 Å². The molecule has 1 aromatic rings. The zero-order valence-corrected chi connectivity index (χ0v) is 16.3. The van der Waals surface area contributed by atoms with E-state index in [1.54, 1.807) is 13.8 Å². The van der Waals surface area contributed by atoms with E-state index in [9.17, 15) is 13.2 Å². The summed E-state index contributed by atoms with van der Waals surface area (Å²) < 4.78 is 31.8. The minimum atomic E-state index is -3.63. The van der Waals surface area contributed by atoms with E-state index in [4.69, 9.17) is 4.74 Å². The van der Waals surface area contributed by atoms with Crippen molar-refractivity contribution in [3.63, 3.8) is 0 Å². The minimum absolute atomic E-state index is 0.0891. The first kappa shape index (κ1) is 21.4. The monoisotopic (exact) mass is 371 g/mol. The third-order valence-corrected chi connectivity index (χ3v) is 5.82. The van der Waals surface area contributed by atoms with Gasteiger partial charge in [0, 0.05) is 26.2 Å². The van der Waals surface area contributed by atoms with Crippen LogP contribution in [0, 0.1) is 0 Å². The van der Waals surface area contributed by atoms with Gasteiger partial charge < -0.3 is 15.4 Å². The molecule has 0 unspecified atom stereocenters. The van der Waals surface area contributed by atoms with Gasteiger partial charge in [0.2, 0.25) is 10.0 Å². The lowest BCUT2D eigenvalue weighted by molar-refractivity contribution is 0.0950. The van der Waals surface area contributed by atoms with Crippen LogP contribution < -0.4 is 15.4 Å². The van der Waals surface area contributed by atoms with Crippen molar-refractivity contribution in [3.8, 4) is 5.75 Å². The second-order valence-corrected chi connectivity index (χ2v) is 7.40. The molecule has 2 N–H and O–H groups in total. The third kappa shape index (κ3) is 5.69. The van der Waals surface area contributed by atoms with E-state index in [1.807, 2.05) is 0 Å². The van der Waals surface area contributed by atoms with Crippen molar-refractivity contribution in [1.29, 1.82) is 0 Å². The fourth-order valence-electron chi connectivity index (χ4n) is 2.40.